The second kappa shape index (κ2) is 3.44. The van der Waals surface area contributed by atoms with E-state index in [1.807, 2.05) is 0 Å². The number of rotatable bonds is 1. The smallest absolute Gasteiger partial charge is 0.423 e. The predicted octanol–water partition coefficient (Wildman–Crippen LogP) is -0.736. The van der Waals surface area contributed by atoms with Crippen LogP contribution in [0.5, 0.6) is 0 Å². The molecule has 0 saturated carbocycles. The summed E-state index contributed by atoms with van der Waals surface area (Å²) in [5.41, 5.74) is 2.16. The molecule has 1 aromatic rings. The van der Waals surface area contributed by atoms with Crippen molar-refractivity contribution < 1.29 is 14.5 Å². The van der Waals surface area contributed by atoms with Gasteiger partial charge in [-0.3, -0.25) is 4.79 Å². The lowest BCUT2D eigenvalue weighted by Crippen LogP contribution is -2.29. The van der Waals surface area contributed by atoms with Gasteiger partial charge in [0.25, 0.3) is 5.91 Å². The largest absolute Gasteiger partial charge is 0.491 e. The topological polar surface area (TPSA) is 58.6 Å². The van der Waals surface area contributed by atoms with Gasteiger partial charge in [-0.05, 0) is 23.2 Å². The van der Waals surface area contributed by atoms with Crippen LogP contribution in [0.2, 0.25) is 0 Å². The quantitative estimate of drug-likeness (QED) is 0.575. The molecule has 0 atom stereocenters. The fourth-order valence-corrected chi connectivity index (χ4v) is 1.50. The fourth-order valence-electron chi connectivity index (χ4n) is 1.50. The van der Waals surface area contributed by atoms with Crippen LogP contribution in [-0.2, 0) is 11.3 Å². The van der Waals surface area contributed by atoms with E-state index < -0.39 is 7.12 Å². The Balaban J connectivity index is 2.39. The van der Waals surface area contributed by atoms with Crippen molar-refractivity contribution in [1.82, 2.24) is 5.32 Å². The highest BCUT2D eigenvalue weighted by Gasteiger charge is 2.27. The maximum Gasteiger partial charge on any atom is 0.491 e. The van der Waals surface area contributed by atoms with Crippen molar-refractivity contribution in [3.8, 4) is 0 Å². The van der Waals surface area contributed by atoms with Gasteiger partial charge in [-0.15, -0.1) is 0 Å². The van der Waals surface area contributed by atoms with Gasteiger partial charge in [0.15, 0.2) is 0 Å². The summed E-state index contributed by atoms with van der Waals surface area (Å²) in [5.74, 6) is -0.160. The summed E-state index contributed by atoms with van der Waals surface area (Å²) in [6.07, 6.45) is 0. The third-order valence-electron chi connectivity index (χ3n) is 2.30. The number of hydrogen-bond donors (Lipinski definition) is 2. The van der Waals surface area contributed by atoms with Crippen molar-refractivity contribution in [2.45, 2.75) is 6.61 Å². The van der Waals surface area contributed by atoms with Crippen molar-refractivity contribution in [3.63, 3.8) is 0 Å². The molecule has 1 aliphatic heterocycles. The van der Waals surface area contributed by atoms with E-state index in [1.165, 1.54) is 0 Å². The Morgan fingerprint density at radius 1 is 1.64 bits per heavy atom. The summed E-state index contributed by atoms with van der Waals surface area (Å²) in [4.78, 5) is 11.3. The molecule has 1 aromatic carbocycles. The highest BCUT2D eigenvalue weighted by atomic mass is 16.5. The summed E-state index contributed by atoms with van der Waals surface area (Å²) >= 11 is 0. The molecule has 0 aliphatic carbocycles. The van der Waals surface area contributed by atoms with E-state index in [0.717, 1.165) is 5.56 Å². The molecule has 0 radical (unpaired) electrons. The van der Waals surface area contributed by atoms with Gasteiger partial charge in [0.1, 0.15) is 0 Å². The molecule has 5 heteroatoms. The molecule has 2 rings (SSSR count). The first kappa shape index (κ1) is 9.24. The standard InChI is InChI=1S/C9H10BNO3/c1-11-9(12)6-2-3-7-5-14-10(13)8(7)4-6/h2-4,13H,5H2,1H3,(H,11,12). The number of nitrogens with one attached hydrogen (secondary N) is 1. The number of amides is 1. The highest BCUT2D eigenvalue weighted by molar-refractivity contribution is 6.61. The molecule has 0 fully saturated rings. The molecule has 0 unspecified atom stereocenters. The van der Waals surface area contributed by atoms with Crippen LogP contribution in [0.4, 0.5) is 0 Å². The van der Waals surface area contributed by atoms with Crippen molar-refractivity contribution >= 4 is 18.5 Å². The van der Waals surface area contributed by atoms with Gasteiger partial charge in [0.05, 0.1) is 6.61 Å². The van der Waals surface area contributed by atoms with Crippen molar-refractivity contribution in [1.29, 1.82) is 0 Å². The minimum absolute atomic E-state index is 0.160. The Morgan fingerprint density at radius 2 is 2.43 bits per heavy atom. The Kier molecular flexibility index (Phi) is 2.27. The van der Waals surface area contributed by atoms with Gasteiger partial charge in [0, 0.05) is 12.6 Å². The summed E-state index contributed by atoms with van der Waals surface area (Å²) in [6.45, 7) is 0.407. The molecule has 1 amide bonds. The Morgan fingerprint density at radius 3 is 3.14 bits per heavy atom. The highest BCUT2D eigenvalue weighted by Crippen LogP contribution is 2.11. The van der Waals surface area contributed by atoms with Gasteiger partial charge in [0.2, 0.25) is 0 Å². The average molecular weight is 191 g/mol. The van der Waals surface area contributed by atoms with E-state index in [1.54, 1.807) is 25.2 Å². The zero-order valence-electron chi connectivity index (χ0n) is 7.78. The number of benzene rings is 1. The maximum atomic E-state index is 11.3. The number of carbonyl (C=O) groups excluding carboxylic acids is 1. The van der Waals surface area contributed by atoms with Gasteiger partial charge in [-0.2, -0.15) is 0 Å². The first-order chi connectivity index (χ1) is 6.72. The molecule has 4 nitrogen and oxygen atoms in total. The van der Waals surface area contributed by atoms with Crippen LogP contribution in [0.3, 0.4) is 0 Å². The maximum absolute atomic E-state index is 11.3. The molecule has 1 heterocycles. The van der Waals surface area contributed by atoms with Crippen molar-refractivity contribution in [2.75, 3.05) is 7.05 Å². The molecule has 0 aromatic heterocycles. The summed E-state index contributed by atoms with van der Waals surface area (Å²) in [7, 11) is 0.678. The van der Waals surface area contributed by atoms with Crippen LogP contribution in [0, 0.1) is 0 Å². The van der Waals surface area contributed by atoms with E-state index >= 15 is 0 Å². The number of fused-ring (bicyclic) bond motifs is 1. The normalized spacial score (nSPS) is 14.0. The predicted molar refractivity (Wildman–Crippen MR) is 52.2 cm³/mol. The van der Waals surface area contributed by atoms with Gasteiger partial charge < -0.3 is 15.0 Å². The monoisotopic (exact) mass is 191 g/mol. The van der Waals surface area contributed by atoms with E-state index in [0.29, 0.717) is 17.6 Å². The molecular formula is C9H10BNO3. The van der Waals surface area contributed by atoms with Crippen molar-refractivity contribution in [3.05, 3.63) is 29.3 Å². The summed E-state index contributed by atoms with van der Waals surface area (Å²) in [6, 6.07) is 5.18. The molecular weight excluding hydrogens is 181 g/mol. The van der Waals surface area contributed by atoms with E-state index in [4.69, 9.17) is 4.65 Å². The van der Waals surface area contributed by atoms with Crippen LogP contribution in [0.15, 0.2) is 18.2 Å². The molecule has 0 bridgehead atoms. The van der Waals surface area contributed by atoms with Crippen LogP contribution in [0.25, 0.3) is 0 Å². The van der Waals surface area contributed by atoms with Gasteiger partial charge in [-0.1, -0.05) is 6.07 Å². The van der Waals surface area contributed by atoms with Crippen molar-refractivity contribution in [2.24, 2.45) is 0 Å². The van der Waals surface area contributed by atoms with E-state index in [-0.39, 0.29) is 5.91 Å². The molecule has 72 valence electrons. The second-order valence-electron chi connectivity index (χ2n) is 3.16. The molecule has 1 aliphatic rings. The third-order valence-corrected chi connectivity index (χ3v) is 2.30. The molecule has 0 spiro atoms. The zero-order chi connectivity index (χ0) is 10.1. The van der Waals surface area contributed by atoms with Gasteiger partial charge >= 0.3 is 7.12 Å². The SMILES string of the molecule is CNC(=O)c1ccc2c(c1)B(O)OC2. The Bertz CT molecular complexity index is 380. The third kappa shape index (κ3) is 1.40. The molecule has 0 saturated heterocycles. The fraction of sp³-hybridized carbons (Fsp3) is 0.222. The van der Waals surface area contributed by atoms with Crippen LogP contribution in [-0.4, -0.2) is 25.1 Å². The first-order valence-corrected chi connectivity index (χ1v) is 4.37. The summed E-state index contributed by atoms with van der Waals surface area (Å²) in [5, 5.41) is 11.9. The lowest BCUT2D eigenvalue weighted by atomic mass is 9.79. The molecule has 14 heavy (non-hydrogen) atoms. The lowest BCUT2D eigenvalue weighted by Gasteiger charge is -2.02. The first-order valence-electron chi connectivity index (χ1n) is 4.37. The number of hydrogen-bond acceptors (Lipinski definition) is 3. The minimum Gasteiger partial charge on any atom is -0.423 e. The minimum atomic E-state index is -0.894. The Labute approximate surface area is 82.0 Å². The van der Waals surface area contributed by atoms with Crippen LogP contribution < -0.4 is 10.8 Å². The van der Waals surface area contributed by atoms with Gasteiger partial charge in [-0.25, -0.2) is 0 Å². The Hall–Kier alpha value is -1.33. The summed E-state index contributed by atoms with van der Waals surface area (Å²) < 4.78 is 5.02. The number of carbonyl (C=O) groups is 1. The zero-order valence-corrected chi connectivity index (χ0v) is 7.78. The second-order valence-corrected chi connectivity index (χ2v) is 3.16. The lowest BCUT2D eigenvalue weighted by molar-refractivity contribution is 0.0963. The van der Waals surface area contributed by atoms with Crippen LogP contribution >= 0.6 is 0 Å². The average Bonchev–Trinajstić information content (AvgIpc) is 2.59. The van der Waals surface area contributed by atoms with Crippen LogP contribution in [0.1, 0.15) is 15.9 Å². The van der Waals surface area contributed by atoms with E-state index in [2.05, 4.69) is 5.32 Å². The molecule has 2 N–H and O–H groups in total. The van der Waals surface area contributed by atoms with E-state index in [9.17, 15) is 9.82 Å².